The second-order valence-electron chi connectivity index (χ2n) is 7.13. The van der Waals surface area contributed by atoms with Gasteiger partial charge in [0, 0.05) is 22.9 Å². The smallest absolute Gasteiger partial charge is 0.382 e. The van der Waals surface area contributed by atoms with E-state index in [2.05, 4.69) is 15.1 Å². The topological polar surface area (TPSA) is 133 Å². The molecule has 2 heterocycles. The predicted octanol–water partition coefficient (Wildman–Crippen LogP) is 2.70. The largest absolute Gasteiger partial charge is 0.430 e. The van der Waals surface area contributed by atoms with Crippen LogP contribution >= 0.6 is 0 Å². The number of rotatable bonds is 5. The number of nitrogens with two attached hydrogens (primary N) is 2. The third kappa shape index (κ3) is 4.60. The summed E-state index contributed by atoms with van der Waals surface area (Å²) in [5.74, 6) is -2.19. The first-order valence-electron chi connectivity index (χ1n) is 9.06. The third-order valence-corrected chi connectivity index (χ3v) is 4.75. The van der Waals surface area contributed by atoms with Gasteiger partial charge in [-0.1, -0.05) is 12.1 Å². The number of anilines is 1. The second-order valence-corrected chi connectivity index (χ2v) is 7.13. The second kappa shape index (κ2) is 8.03. The molecule has 0 saturated heterocycles. The summed E-state index contributed by atoms with van der Waals surface area (Å²) in [5.41, 5.74) is 6.27. The molecule has 2 aromatic heterocycles. The maximum absolute atomic E-state index is 13.4. The fourth-order valence-corrected chi connectivity index (χ4v) is 3.07. The number of hydrogen-bond donors (Lipinski definition) is 3. The molecule has 14 heteroatoms. The van der Waals surface area contributed by atoms with E-state index >= 15 is 0 Å². The summed E-state index contributed by atoms with van der Waals surface area (Å²) >= 11 is 0. The standard InChI is InChI=1S/C19H16F6N6O2/c1-9-2-3-11(18(33,16(27)32)19(23,24)25)4-12(9)13-6-28-15(26)14(30-13)10-5-29-31(7-10)8-17(20,21)22/h2-7,33H,8H2,1H3,(H2,26,28)(H2,27,32). The van der Waals surface area contributed by atoms with Gasteiger partial charge in [0.05, 0.1) is 18.1 Å². The Kier molecular flexibility index (Phi) is 5.83. The molecule has 176 valence electrons. The molecule has 0 radical (unpaired) electrons. The Bertz CT molecular complexity index is 1210. The van der Waals surface area contributed by atoms with Gasteiger partial charge in [-0.05, 0) is 18.6 Å². The minimum atomic E-state index is -5.41. The molecule has 33 heavy (non-hydrogen) atoms. The number of carbonyl (C=O) groups is 1. The van der Waals surface area contributed by atoms with Gasteiger partial charge < -0.3 is 16.6 Å². The van der Waals surface area contributed by atoms with Crippen molar-refractivity contribution in [2.24, 2.45) is 5.73 Å². The van der Waals surface area contributed by atoms with Crippen molar-refractivity contribution in [1.29, 1.82) is 0 Å². The Hall–Kier alpha value is -3.68. The van der Waals surface area contributed by atoms with Crippen molar-refractivity contribution in [1.82, 2.24) is 19.7 Å². The van der Waals surface area contributed by atoms with Crippen LogP contribution in [0.4, 0.5) is 32.2 Å². The first kappa shape index (κ1) is 24.0. The lowest BCUT2D eigenvalue weighted by Gasteiger charge is -2.28. The van der Waals surface area contributed by atoms with E-state index in [1.54, 1.807) is 0 Å². The van der Waals surface area contributed by atoms with Crippen LogP contribution in [0.5, 0.6) is 0 Å². The zero-order valence-corrected chi connectivity index (χ0v) is 16.7. The third-order valence-electron chi connectivity index (χ3n) is 4.75. The Balaban J connectivity index is 2.10. The van der Waals surface area contributed by atoms with E-state index in [1.165, 1.54) is 13.0 Å². The van der Waals surface area contributed by atoms with E-state index < -0.39 is 36.0 Å². The van der Waals surface area contributed by atoms with Crippen molar-refractivity contribution in [3.8, 4) is 22.5 Å². The van der Waals surface area contributed by atoms with Gasteiger partial charge in [-0.15, -0.1) is 0 Å². The first-order chi connectivity index (χ1) is 15.1. The van der Waals surface area contributed by atoms with Crippen molar-refractivity contribution >= 4 is 11.7 Å². The number of aryl methyl sites for hydroxylation is 1. The molecule has 0 aliphatic carbocycles. The van der Waals surface area contributed by atoms with Crippen LogP contribution in [-0.4, -0.2) is 43.1 Å². The van der Waals surface area contributed by atoms with Crippen LogP contribution in [0.25, 0.3) is 22.5 Å². The van der Waals surface area contributed by atoms with Crippen molar-refractivity contribution in [3.63, 3.8) is 0 Å². The summed E-state index contributed by atoms with van der Waals surface area (Å²) in [5, 5.41) is 13.7. The van der Waals surface area contributed by atoms with Crippen molar-refractivity contribution in [2.45, 2.75) is 31.4 Å². The average molecular weight is 474 g/mol. The van der Waals surface area contributed by atoms with Crippen LogP contribution in [0.3, 0.4) is 0 Å². The number of carbonyl (C=O) groups excluding carboxylic acids is 1. The highest BCUT2D eigenvalue weighted by Gasteiger charge is 2.60. The van der Waals surface area contributed by atoms with Gasteiger partial charge in [-0.3, -0.25) is 9.48 Å². The van der Waals surface area contributed by atoms with Crippen LogP contribution in [0, 0.1) is 6.92 Å². The summed E-state index contributed by atoms with van der Waals surface area (Å²) in [6.45, 7) is 0.166. The minimum absolute atomic E-state index is 0.0175. The number of nitrogen functional groups attached to an aromatic ring is 1. The van der Waals surface area contributed by atoms with E-state index in [9.17, 15) is 36.2 Å². The summed E-state index contributed by atoms with van der Waals surface area (Å²) in [4.78, 5) is 19.6. The maximum atomic E-state index is 13.4. The van der Waals surface area contributed by atoms with Crippen LogP contribution in [0.1, 0.15) is 11.1 Å². The number of benzene rings is 1. The summed E-state index contributed by atoms with van der Waals surface area (Å²) in [7, 11) is 0. The van der Waals surface area contributed by atoms with Gasteiger partial charge in [0.25, 0.3) is 11.5 Å². The lowest BCUT2D eigenvalue weighted by molar-refractivity contribution is -0.255. The number of primary amides is 1. The number of amides is 1. The molecule has 5 N–H and O–H groups in total. The molecule has 1 unspecified atom stereocenters. The van der Waals surface area contributed by atoms with Crippen molar-refractivity contribution in [2.75, 3.05) is 5.73 Å². The van der Waals surface area contributed by atoms with E-state index in [-0.39, 0.29) is 28.3 Å². The van der Waals surface area contributed by atoms with Crippen molar-refractivity contribution < 1.29 is 36.2 Å². The SMILES string of the molecule is Cc1ccc(C(O)(C(N)=O)C(F)(F)F)cc1-c1cnc(N)c(-c2cnn(CC(F)(F)F)c2)n1. The summed E-state index contributed by atoms with van der Waals surface area (Å²) in [6.07, 6.45) is -6.68. The van der Waals surface area contributed by atoms with Gasteiger partial charge in [0.15, 0.2) is 0 Å². The van der Waals surface area contributed by atoms with E-state index in [4.69, 9.17) is 11.5 Å². The molecule has 1 atom stereocenters. The number of nitrogens with zero attached hydrogens (tertiary/aromatic N) is 4. The van der Waals surface area contributed by atoms with E-state index in [0.29, 0.717) is 10.2 Å². The van der Waals surface area contributed by atoms with Crippen molar-refractivity contribution in [3.05, 3.63) is 47.9 Å². The molecule has 3 aromatic rings. The van der Waals surface area contributed by atoms with Gasteiger partial charge in [0.2, 0.25) is 0 Å². The number of aliphatic hydroxyl groups is 1. The Labute approximate surface area is 181 Å². The van der Waals surface area contributed by atoms with Gasteiger partial charge in [-0.2, -0.15) is 31.4 Å². The van der Waals surface area contributed by atoms with Crippen LogP contribution in [0.15, 0.2) is 36.8 Å². The summed E-state index contributed by atoms with van der Waals surface area (Å²) < 4.78 is 78.7. The molecule has 3 rings (SSSR count). The molecule has 0 fully saturated rings. The van der Waals surface area contributed by atoms with E-state index in [1.807, 2.05) is 0 Å². The normalized spacial score (nSPS) is 14.2. The minimum Gasteiger partial charge on any atom is -0.382 e. The molecule has 0 bridgehead atoms. The lowest BCUT2D eigenvalue weighted by Crippen LogP contribution is -2.52. The van der Waals surface area contributed by atoms with Crippen LogP contribution in [-0.2, 0) is 16.9 Å². The highest BCUT2D eigenvalue weighted by atomic mass is 19.4. The highest BCUT2D eigenvalue weighted by Crippen LogP contribution is 2.40. The number of alkyl halides is 6. The zero-order valence-electron chi connectivity index (χ0n) is 16.7. The monoisotopic (exact) mass is 474 g/mol. The molecule has 0 aliphatic rings. The molecule has 1 amide bonds. The maximum Gasteiger partial charge on any atom is 0.430 e. The quantitative estimate of drug-likeness (QED) is 0.487. The Morgan fingerprint density at radius 3 is 2.39 bits per heavy atom. The van der Waals surface area contributed by atoms with Gasteiger partial charge >= 0.3 is 12.4 Å². The molecule has 0 aliphatic heterocycles. The predicted molar refractivity (Wildman–Crippen MR) is 103 cm³/mol. The number of hydrogen-bond acceptors (Lipinski definition) is 6. The van der Waals surface area contributed by atoms with E-state index in [0.717, 1.165) is 30.7 Å². The number of aromatic nitrogens is 4. The van der Waals surface area contributed by atoms with Gasteiger partial charge in [-0.25, -0.2) is 9.97 Å². The molecular weight excluding hydrogens is 458 g/mol. The Morgan fingerprint density at radius 1 is 1.15 bits per heavy atom. The average Bonchev–Trinajstić information content (AvgIpc) is 3.13. The highest BCUT2D eigenvalue weighted by molar-refractivity contribution is 5.86. The van der Waals surface area contributed by atoms with Crippen LogP contribution < -0.4 is 11.5 Å². The summed E-state index contributed by atoms with van der Waals surface area (Å²) in [6, 6.07) is 2.98. The molecule has 8 nitrogen and oxygen atoms in total. The lowest BCUT2D eigenvalue weighted by atomic mass is 9.89. The Morgan fingerprint density at radius 2 is 1.82 bits per heavy atom. The molecule has 1 aromatic carbocycles. The van der Waals surface area contributed by atoms with Gasteiger partial charge in [0.1, 0.15) is 18.1 Å². The number of halogens is 6. The molecular formula is C19H16F6N6O2. The van der Waals surface area contributed by atoms with Crippen LogP contribution in [0.2, 0.25) is 0 Å². The fourth-order valence-electron chi connectivity index (χ4n) is 3.07. The first-order valence-corrected chi connectivity index (χ1v) is 9.06. The zero-order chi connectivity index (χ0) is 24.8. The molecule has 0 saturated carbocycles. The fraction of sp³-hybridized carbons (Fsp3) is 0.263. The molecule has 0 spiro atoms.